The number of aliphatic hydroxyl groups is 1. The van der Waals surface area contributed by atoms with Crippen LogP contribution in [0.4, 0.5) is 4.79 Å². The van der Waals surface area contributed by atoms with Gasteiger partial charge in [-0.25, -0.2) is 19.8 Å². The van der Waals surface area contributed by atoms with Crippen LogP contribution in [0.5, 0.6) is 0 Å². The molecule has 11 nitrogen and oxygen atoms in total. The summed E-state index contributed by atoms with van der Waals surface area (Å²) in [5, 5.41) is 13.4. The standard InChI is InChI=1S/C16H25N3O8/c1-5-24-13(20)10(12(17)18-19-16(23)27-8-4)9-11(14(21)25-6-2)15(22)26-7-3/h9,21H,5-8H2,1-4H3,(H2,17,18)(H,19,23)/b10-9-,14-11-. The van der Waals surface area contributed by atoms with Crippen LogP contribution in [0.25, 0.3) is 0 Å². The lowest BCUT2D eigenvalue weighted by Crippen LogP contribution is -2.29. The van der Waals surface area contributed by atoms with E-state index in [1.165, 1.54) is 0 Å². The minimum Gasteiger partial charge on any atom is -0.480 e. The van der Waals surface area contributed by atoms with Crippen LogP contribution in [-0.4, -0.2) is 55.4 Å². The molecule has 0 bridgehead atoms. The smallest absolute Gasteiger partial charge is 0.427 e. The third-order valence-electron chi connectivity index (χ3n) is 2.61. The lowest BCUT2D eigenvalue weighted by atomic mass is 10.1. The van der Waals surface area contributed by atoms with Gasteiger partial charge in [0.1, 0.15) is 11.1 Å². The molecule has 0 atom stereocenters. The molecule has 11 heteroatoms. The van der Waals surface area contributed by atoms with Crippen molar-refractivity contribution in [2.24, 2.45) is 10.8 Å². The molecule has 4 N–H and O–H groups in total. The second kappa shape index (κ2) is 13.0. The van der Waals surface area contributed by atoms with Gasteiger partial charge in [-0.1, -0.05) is 0 Å². The van der Waals surface area contributed by atoms with Gasteiger partial charge in [-0.3, -0.25) is 0 Å². The van der Waals surface area contributed by atoms with E-state index in [1.54, 1.807) is 27.7 Å². The van der Waals surface area contributed by atoms with Crippen molar-refractivity contribution >= 4 is 23.9 Å². The second-order valence-electron chi connectivity index (χ2n) is 4.48. The van der Waals surface area contributed by atoms with Crippen LogP contribution in [0.3, 0.4) is 0 Å². The highest BCUT2D eigenvalue weighted by molar-refractivity contribution is 6.19. The highest BCUT2D eigenvalue weighted by Crippen LogP contribution is 2.13. The number of hydrogen-bond acceptors (Lipinski definition) is 9. The molecule has 0 aromatic rings. The number of carbonyl (C=O) groups is 3. The first-order chi connectivity index (χ1) is 12.8. The van der Waals surface area contributed by atoms with Crippen molar-refractivity contribution in [1.82, 2.24) is 5.43 Å². The van der Waals surface area contributed by atoms with Crippen LogP contribution in [0.1, 0.15) is 27.7 Å². The van der Waals surface area contributed by atoms with E-state index < -0.39 is 41.0 Å². The average molecular weight is 387 g/mol. The number of rotatable bonds is 10. The Kier molecular flexibility index (Phi) is 11.5. The number of aliphatic hydroxyl groups excluding tert-OH is 1. The Morgan fingerprint density at radius 2 is 1.44 bits per heavy atom. The van der Waals surface area contributed by atoms with Crippen molar-refractivity contribution < 1.29 is 38.4 Å². The summed E-state index contributed by atoms with van der Waals surface area (Å²) in [5.41, 5.74) is 6.78. The predicted molar refractivity (Wildman–Crippen MR) is 94.4 cm³/mol. The minimum atomic E-state index is -0.962. The molecule has 0 fully saturated rings. The van der Waals surface area contributed by atoms with E-state index >= 15 is 0 Å². The van der Waals surface area contributed by atoms with Crippen molar-refractivity contribution in [3.05, 3.63) is 23.2 Å². The number of hydrazone groups is 1. The van der Waals surface area contributed by atoms with Gasteiger partial charge >= 0.3 is 18.0 Å². The van der Waals surface area contributed by atoms with Gasteiger partial charge in [-0.05, 0) is 33.8 Å². The molecule has 0 aliphatic rings. The zero-order chi connectivity index (χ0) is 20.8. The van der Waals surface area contributed by atoms with Gasteiger partial charge in [0, 0.05) is 0 Å². The number of esters is 2. The SMILES string of the molecule is CCOC(=O)N/N=C(N)/C(=C/C(C(=O)OCC)=C(\O)OCC)C(=O)OCC. The van der Waals surface area contributed by atoms with Crippen molar-refractivity contribution in [3.63, 3.8) is 0 Å². The quantitative estimate of drug-likeness (QED) is 0.0722. The third kappa shape index (κ3) is 8.61. The summed E-state index contributed by atoms with van der Waals surface area (Å²) in [4.78, 5) is 35.5. The van der Waals surface area contributed by atoms with Crippen LogP contribution in [-0.2, 0) is 28.5 Å². The number of amides is 1. The van der Waals surface area contributed by atoms with Crippen LogP contribution in [0.2, 0.25) is 0 Å². The number of hydrogen-bond donors (Lipinski definition) is 3. The van der Waals surface area contributed by atoms with E-state index in [0.29, 0.717) is 0 Å². The van der Waals surface area contributed by atoms with Crippen LogP contribution >= 0.6 is 0 Å². The van der Waals surface area contributed by atoms with Crippen molar-refractivity contribution in [3.8, 4) is 0 Å². The Morgan fingerprint density at radius 3 is 1.96 bits per heavy atom. The van der Waals surface area contributed by atoms with Crippen molar-refractivity contribution in [2.45, 2.75) is 27.7 Å². The number of nitrogens with zero attached hydrogens (tertiary/aromatic N) is 1. The van der Waals surface area contributed by atoms with Gasteiger partial charge < -0.3 is 29.8 Å². The molecule has 0 spiro atoms. The monoisotopic (exact) mass is 387 g/mol. The molecule has 0 unspecified atom stereocenters. The molecule has 0 aromatic carbocycles. The highest BCUT2D eigenvalue weighted by Gasteiger charge is 2.23. The van der Waals surface area contributed by atoms with Crippen LogP contribution < -0.4 is 11.2 Å². The van der Waals surface area contributed by atoms with Crippen molar-refractivity contribution in [2.75, 3.05) is 26.4 Å². The van der Waals surface area contributed by atoms with Gasteiger partial charge in [0.2, 0.25) is 0 Å². The van der Waals surface area contributed by atoms with Crippen molar-refractivity contribution in [1.29, 1.82) is 0 Å². The summed E-state index contributed by atoms with van der Waals surface area (Å²) in [7, 11) is 0. The maximum Gasteiger partial charge on any atom is 0.427 e. The summed E-state index contributed by atoms with van der Waals surface area (Å²) in [6.45, 7) is 6.44. The lowest BCUT2D eigenvalue weighted by molar-refractivity contribution is -0.138. The van der Waals surface area contributed by atoms with Gasteiger partial charge in [-0.15, -0.1) is 0 Å². The summed E-state index contributed by atoms with van der Waals surface area (Å²) >= 11 is 0. The molecule has 152 valence electrons. The number of carbonyl (C=O) groups excluding carboxylic acids is 3. The average Bonchev–Trinajstić information content (AvgIpc) is 2.61. The molecule has 0 rings (SSSR count). The Morgan fingerprint density at radius 1 is 0.926 bits per heavy atom. The highest BCUT2D eigenvalue weighted by atomic mass is 16.6. The maximum absolute atomic E-state index is 12.2. The van der Waals surface area contributed by atoms with E-state index in [-0.39, 0.29) is 26.4 Å². The molecular formula is C16H25N3O8. The third-order valence-corrected chi connectivity index (χ3v) is 2.61. The Labute approximate surface area is 156 Å². The second-order valence-corrected chi connectivity index (χ2v) is 4.48. The molecule has 0 heterocycles. The molecular weight excluding hydrogens is 362 g/mol. The zero-order valence-corrected chi connectivity index (χ0v) is 15.7. The number of nitrogens with two attached hydrogens (primary N) is 1. The van der Waals surface area contributed by atoms with Crippen LogP contribution in [0, 0.1) is 0 Å². The lowest BCUT2D eigenvalue weighted by Gasteiger charge is -2.10. The number of ether oxygens (including phenoxy) is 4. The van der Waals surface area contributed by atoms with E-state index in [1.807, 2.05) is 5.43 Å². The summed E-state index contributed by atoms with van der Waals surface area (Å²) in [6, 6.07) is 0. The summed E-state index contributed by atoms with van der Waals surface area (Å²) < 4.78 is 19.2. The van der Waals surface area contributed by atoms with E-state index in [0.717, 1.165) is 6.08 Å². The van der Waals surface area contributed by atoms with Gasteiger partial charge in [0.05, 0.1) is 26.4 Å². The van der Waals surface area contributed by atoms with Gasteiger partial charge in [0.25, 0.3) is 5.95 Å². The molecule has 0 radical (unpaired) electrons. The first-order valence-electron chi connectivity index (χ1n) is 8.20. The first kappa shape index (κ1) is 23.8. The van der Waals surface area contributed by atoms with E-state index in [9.17, 15) is 19.5 Å². The molecule has 27 heavy (non-hydrogen) atoms. The summed E-state index contributed by atoms with van der Waals surface area (Å²) in [6.07, 6.45) is -0.00546. The van der Waals surface area contributed by atoms with Gasteiger partial charge in [-0.2, -0.15) is 5.10 Å². The normalized spacial score (nSPS) is 12.6. The largest absolute Gasteiger partial charge is 0.480 e. The molecule has 0 aliphatic heterocycles. The fourth-order valence-electron chi connectivity index (χ4n) is 1.55. The van der Waals surface area contributed by atoms with Crippen LogP contribution in [0.15, 0.2) is 28.3 Å². The number of amidine groups is 1. The maximum atomic E-state index is 12.2. The Balaban J connectivity index is 6.02. The Hall–Kier alpha value is -3.24. The first-order valence-corrected chi connectivity index (χ1v) is 8.20. The Bertz CT molecular complexity index is 625. The fourth-order valence-corrected chi connectivity index (χ4v) is 1.55. The number of nitrogens with one attached hydrogen (secondary N) is 1. The van der Waals surface area contributed by atoms with E-state index in [4.69, 9.17) is 19.9 Å². The predicted octanol–water partition coefficient (Wildman–Crippen LogP) is 0.863. The molecule has 0 aromatic heterocycles. The van der Waals surface area contributed by atoms with Gasteiger partial charge in [0.15, 0.2) is 5.84 Å². The summed E-state index contributed by atoms with van der Waals surface area (Å²) in [5.74, 6) is -3.18. The molecule has 0 saturated heterocycles. The fraction of sp³-hybridized carbons (Fsp3) is 0.500. The molecule has 0 saturated carbocycles. The minimum absolute atomic E-state index is 0.00462. The molecule has 1 amide bonds. The molecule has 0 aliphatic carbocycles. The van der Waals surface area contributed by atoms with E-state index in [2.05, 4.69) is 9.84 Å². The topological polar surface area (TPSA) is 159 Å². The zero-order valence-electron chi connectivity index (χ0n) is 15.7.